The summed E-state index contributed by atoms with van der Waals surface area (Å²) in [4.78, 5) is 15.1. The first kappa shape index (κ1) is 14.1. The molecule has 1 fully saturated rings. The van der Waals surface area contributed by atoms with E-state index in [2.05, 4.69) is 10.3 Å². The predicted molar refractivity (Wildman–Crippen MR) is 84.8 cm³/mol. The molecule has 0 aliphatic heterocycles. The van der Waals surface area contributed by atoms with Gasteiger partial charge >= 0.3 is 0 Å². The van der Waals surface area contributed by atoms with Gasteiger partial charge in [0.05, 0.1) is 12.1 Å². The van der Waals surface area contributed by atoms with Crippen LogP contribution in [0, 0.1) is 0 Å². The summed E-state index contributed by atoms with van der Waals surface area (Å²) in [7, 11) is 0. The topological polar surface area (TPSA) is 54.1 Å². The van der Waals surface area contributed by atoms with Crippen molar-refractivity contribution in [2.75, 3.05) is 6.61 Å². The van der Waals surface area contributed by atoms with Crippen molar-refractivity contribution >= 4 is 10.9 Å². The highest BCUT2D eigenvalue weighted by Crippen LogP contribution is 2.20. The van der Waals surface area contributed by atoms with Crippen LogP contribution in [-0.4, -0.2) is 17.6 Å². The molecule has 1 saturated carbocycles. The van der Waals surface area contributed by atoms with Gasteiger partial charge < -0.3 is 15.0 Å². The molecule has 0 atom stereocenters. The number of hydrogen-bond acceptors (Lipinski definition) is 3. The highest BCUT2D eigenvalue weighted by molar-refractivity contribution is 5.80. The Kier molecular flexibility index (Phi) is 4.25. The Morgan fingerprint density at radius 3 is 2.86 bits per heavy atom. The lowest BCUT2D eigenvalue weighted by Gasteiger charge is -2.12. The zero-order valence-electron chi connectivity index (χ0n) is 12.4. The van der Waals surface area contributed by atoms with Gasteiger partial charge in [-0.15, -0.1) is 0 Å². The van der Waals surface area contributed by atoms with E-state index in [4.69, 9.17) is 4.74 Å². The Labute approximate surface area is 124 Å². The second-order valence-corrected chi connectivity index (χ2v) is 5.67. The van der Waals surface area contributed by atoms with E-state index in [1.165, 1.54) is 25.7 Å². The van der Waals surface area contributed by atoms with Gasteiger partial charge in [-0.3, -0.25) is 4.79 Å². The van der Waals surface area contributed by atoms with Crippen LogP contribution in [-0.2, 0) is 6.54 Å². The molecule has 1 aromatic heterocycles. The van der Waals surface area contributed by atoms with Crippen molar-refractivity contribution in [1.29, 1.82) is 0 Å². The van der Waals surface area contributed by atoms with Crippen LogP contribution in [0.2, 0.25) is 0 Å². The smallest absolute Gasteiger partial charge is 0.252 e. The van der Waals surface area contributed by atoms with E-state index in [1.54, 1.807) is 0 Å². The van der Waals surface area contributed by atoms with E-state index in [1.807, 2.05) is 31.2 Å². The predicted octanol–water partition coefficient (Wildman–Crippen LogP) is 2.96. The van der Waals surface area contributed by atoms with Crippen LogP contribution in [0.4, 0.5) is 0 Å². The summed E-state index contributed by atoms with van der Waals surface area (Å²) in [5.74, 6) is 0.789. The van der Waals surface area contributed by atoms with Crippen molar-refractivity contribution in [2.45, 2.75) is 45.2 Å². The molecule has 4 heteroatoms. The molecule has 0 bridgehead atoms. The summed E-state index contributed by atoms with van der Waals surface area (Å²) >= 11 is 0. The first-order valence-corrected chi connectivity index (χ1v) is 7.78. The highest BCUT2D eigenvalue weighted by Gasteiger charge is 2.14. The van der Waals surface area contributed by atoms with Gasteiger partial charge in [-0.25, -0.2) is 0 Å². The summed E-state index contributed by atoms with van der Waals surface area (Å²) < 4.78 is 5.46. The number of aromatic nitrogens is 1. The lowest BCUT2D eigenvalue weighted by atomic mass is 10.1. The molecule has 21 heavy (non-hydrogen) atoms. The van der Waals surface area contributed by atoms with Crippen LogP contribution in [0.1, 0.15) is 38.2 Å². The van der Waals surface area contributed by atoms with Crippen molar-refractivity contribution in [2.24, 2.45) is 0 Å². The van der Waals surface area contributed by atoms with Crippen molar-refractivity contribution < 1.29 is 4.74 Å². The van der Waals surface area contributed by atoms with Crippen LogP contribution in [0.5, 0.6) is 5.75 Å². The van der Waals surface area contributed by atoms with Gasteiger partial charge in [0.25, 0.3) is 5.56 Å². The molecule has 112 valence electrons. The fraction of sp³-hybridized carbons (Fsp3) is 0.471. The average molecular weight is 286 g/mol. The quantitative estimate of drug-likeness (QED) is 0.888. The number of nitrogens with one attached hydrogen (secondary N) is 2. The van der Waals surface area contributed by atoms with E-state index in [0.29, 0.717) is 19.2 Å². The van der Waals surface area contributed by atoms with Crippen LogP contribution in [0.15, 0.2) is 29.1 Å². The second kappa shape index (κ2) is 6.31. The largest absolute Gasteiger partial charge is 0.494 e. The van der Waals surface area contributed by atoms with Crippen molar-refractivity contribution in [3.8, 4) is 5.75 Å². The van der Waals surface area contributed by atoms with Gasteiger partial charge in [-0.1, -0.05) is 12.8 Å². The van der Waals surface area contributed by atoms with Gasteiger partial charge in [0.2, 0.25) is 0 Å². The summed E-state index contributed by atoms with van der Waals surface area (Å²) in [5.41, 5.74) is 1.62. The van der Waals surface area contributed by atoms with Gasteiger partial charge in [0.1, 0.15) is 5.75 Å². The Hall–Kier alpha value is -1.81. The van der Waals surface area contributed by atoms with Gasteiger partial charge in [-0.05, 0) is 43.4 Å². The van der Waals surface area contributed by atoms with Gasteiger partial charge in [-0.2, -0.15) is 0 Å². The second-order valence-electron chi connectivity index (χ2n) is 5.67. The summed E-state index contributed by atoms with van der Waals surface area (Å²) in [6.45, 7) is 3.22. The third-order valence-electron chi connectivity index (χ3n) is 4.14. The number of pyridine rings is 1. The molecule has 0 unspecified atom stereocenters. The minimum Gasteiger partial charge on any atom is -0.494 e. The Bertz CT molecular complexity index is 672. The van der Waals surface area contributed by atoms with Crippen LogP contribution < -0.4 is 15.6 Å². The average Bonchev–Trinajstić information content (AvgIpc) is 2.99. The van der Waals surface area contributed by atoms with Crippen molar-refractivity contribution in [3.05, 3.63) is 40.2 Å². The standard InChI is InChI=1S/C17H22N2O2/c1-2-21-15-8-7-12-9-13(17(20)19-16(12)10-15)11-18-14-5-3-4-6-14/h7-10,14,18H,2-6,11H2,1H3,(H,19,20). The zero-order chi connectivity index (χ0) is 14.7. The Balaban J connectivity index is 1.81. The molecular formula is C17H22N2O2. The third-order valence-corrected chi connectivity index (χ3v) is 4.14. The number of aromatic amines is 1. The number of benzene rings is 1. The minimum absolute atomic E-state index is 0.0124. The molecule has 1 aliphatic carbocycles. The maximum atomic E-state index is 12.2. The molecule has 1 aliphatic rings. The van der Waals surface area contributed by atoms with Gasteiger partial charge in [0.15, 0.2) is 0 Å². The maximum Gasteiger partial charge on any atom is 0.252 e. The number of hydrogen-bond donors (Lipinski definition) is 2. The molecule has 0 saturated heterocycles. The Morgan fingerprint density at radius 1 is 1.29 bits per heavy atom. The Morgan fingerprint density at radius 2 is 2.10 bits per heavy atom. The summed E-state index contributed by atoms with van der Waals surface area (Å²) in [5, 5.41) is 4.53. The lowest BCUT2D eigenvalue weighted by Crippen LogP contribution is -2.28. The van der Waals surface area contributed by atoms with Crippen LogP contribution in [0.3, 0.4) is 0 Å². The molecule has 0 amide bonds. The molecule has 0 radical (unpaired) electrons. The summed E-state index contributed by atoms with van der Waals surface area (Å²) in [6.07, 6.45) is 5.05. The summed E-state index contributed by atoms with van der Waals surface area (Å²) in [6, 6.07) is 8.37. The van der Waals surface area contributed by atoms with Gasteiger partial charge in [0, 0.05) is 24.2 Å². The molecule has 2 aromatic rings. The number of fused-ring (bicyclic) bond motifs is 1. The van der Waals surface area contributed by atoms with E-state index < -0.39 is 0 Å². The number of rotatable bonds is 5. The van der Waals surface area contributed by atoms with Crippen molar-refractivity contribution in [1.82, 2.24) is 10.3 Å². The minimum atomic E-state index is -0.0124. The third kappa shape index (κ3) is 3.27. The first-order valence-electron chi connectivity index (χ1n) is 7.78. The highest BCUT2D eigenvalue weighted by atomic mass is 16.5. The molecule has 3 rings (SSSR count). The molecule has 4 nitrogen and oxygen atoms in total. The normalized spacial score (nSPS) is 15.7. The number of H-pyrrole nitrogens is 1. The molecule has 1 aromatic carbocycles. The molecular weight excluding hydrogens is 264 g/mol. The SMILES string of the molecule is CCOc1ccc2cc(CNC3CCCC3)c(=O)[nH]c2c1. The van der Waals surface area contributed by atoms with E-state index in [-0.39, 0.29) is 5.56 Å². The first-order chi connectivity index (χ1) is 10.3. The maximum absolute atomic E-state index is 12.2. The molecule has 1 heterocycles. The molecule has 0 spiro atoms. The number of ether oxygens (including phenoxy) is 1. The fourth-order valence-electron chi connectivity index (χ4n) is 3.00. The van der Waals surface area contributed by atoms with E-state index in [9.17, 15) is 4.79 Å². The lowest BCUT2D eigenvalue weighted by molar-refractivity contribution is 0.340. The van der Waals surface area contributed by atoms with E-state index >= 15 is 0 Å². The van der Waals surface area contributed by atoms with Crippen LogP contribution >= 0.6 is 0 Å². The zero-order valence-corrected chi connectivity index (χ0v) is 12.4. The monoisotopic (exact) mass is 286 g/mol. The van der Waals surface area contributed by atoms with Crippen LogP contribution in [0.25, 0.3) is 10.9 Å². The fourth-order valence-corrected chi connectivity index (χ4v) is 3.00. The van der Waals surface area contributed by atoms with Crippen molar-refractivity contribution in [3.63, 3.8) is 0 Å². The molecule has 2 N–H and O–H groups in total. The van der Waals surface area contributed by atoms with E-state index in [0.717, 1.165) is 22.2 Å².